The fourth-order valence-corrected chi connectivity index (χ4v) is 4.63. The van der Waals surface area contributed by atoms with Crippen LogP contribution in [0.1, 0.15) is 11.1 Å². The molecule has 166 valence electrons. The number of allylic oxidation sites excluding steroid dienone is 6. The molecule has 0 fully saturated rings. The number of carbonyl (C=O) groups is 2. The summed E-state index contributed by atoms with van der Waals surface area (Å²) in [4.78, 5) is 30.5. The molecule has 1 unspecified atom stereocenters. The van der Waals surface area contributed by atoms with Crippen LogP contribution in [0.15, 0.2) is 86.8 Å². The van der Waals surface area contributed by atoms with Gasteiger partial charge >= 0.3 is 0 Å². The van der Waals surface area contributed by atoms with Gasteiger partial charge in [-0.1, -0.05) is 54.1 Å². The van der Waals surface area contributed by atoms with Crippen LogP contribution in [0.5, 0.6) is 11.5 Å². The molecule has 0 aromatic heterocycles. The number of methoxy groups -OCH3 is 2. The Morgan fingerprint density at radius 2 is 1.88 bits per heavy atom. The van der Waals surface area contributed by atoms with Crippen molar-refractivity contribution < 1.29 is 19.1 Å². The Labute approximate surface area is 204 Å². The van der Waals surface area contributed by atoms with Gasteiger partial charge in [0.1, 0.15) is 0 Å². The summed E-state index contributed by atoms with van der Waals surface area (Å²) in [5.41, 5.74) is 2.65. The molecule has 1 atom stereocenters. The molecule has 1 aliphatic heterocycles. The number of aliphatic imine (C=N–C) groups is 1. The van der Waals surface area contributed by atoms with Crippen molar-refractivity contribution in [3.05, 3.63) is 93.0 Å². The number of benzene rings is 2. The van der Waals surface area contributed by atoms with Gasteiger partial charge in [0, 0.05) is 11.0 Å². The summed E-state index contributed by atoms with van der Waals surface area (Å²) >= 11 is 9.69. The lowest BCUT2D eigenvalue weighted by molar-refractivity contribution is -0.118. The summed E-state index contributed by atoms with van der Waals surface area (Å²) < 4.78 is 11.4. The second-order valence-electron chi connectivity index (χ2n) is 7.29. The zero-order valence-corrected chi connectivity index (χ0v) is 20.2. The first-order valence-corrected chi connectivity index (χ1v) is 11.2. The maximum atomic E-state index is 13.3. The number of carbonyl (C=O) groups excluding carboxylic acids is 2. The van der Waals surface area contributed by atoms with E-state index in [0.29, 0.717) is 37.9 Å². The number of ketones is 1. The molecular weight excluding hydrogens is 506 g/mol. The lowest BCUT2D eigenvalue weighted by Gasteiger charge is -2.26. The fourth-order valence-electron chi connectivity index (χ4n) is 3.82. The Bertz CT molecular complexity index is 1290. The van der Waals surface area contributed by atoms with Crippen LogP contribution in [0.25, 0.3) is 11.6 Å². The summed E-state index contributed by atoms with van der Waals surface area (Å²) in [7, 11) is 3.08. The summed E-state index contributed by atoms with van der Waals surface area (Å²) in [5.74, 6) is -0.329. The van der Waals surface area contributed by atoms with Gasteiger partial charge < -0.3 is 9.47 Å². The van der Waals surface area contributed by atoms with Crippen molar-refractivity contribution in [3.8, 4) is 11.5 Å². The number of rotatable bonds is 6. The van der Waals surface area contributed by atoms with Crippen LogP contribution in [0.2, 0.25) is 0 Å². The molecule has 1 aliphatic carbocycles. The Morgan fingerprint density at radius 3 is 2.58 bits per heavy atom. The van der Waals surface area contributed by atoms with Gasteiger partial charge in [0.05, 0.1) is 30.0 Å². The molecular formula is C26H19BrClNO4. The first kappa shape index (κ1) is 23.0. The number of ether oxygens (including phenoxy) is 2. The van der Waals surface area contributed by atoms with Crippen molar-refractivity contribution in [1.29, 1.82) is 0 Å². The summed E-state index contributed by atoms with van der Waals surface area (Å²) in [6.07, 6.45) is 8.20. The Morgan fingerprint density at radius 1 is 1.12 bits per heavy atom. The molecule has 0 saturated heterocycles. The van der Waals surface area contributed by atoms with E-state index in [9.17, 15) is 9.59 Å². The predicted octanol–water partition coefficient (Wildman–Crippen LogP) is 5.79. The van der Waals surface area contributed by atoms with Crippen molar-refractivity contribution >= 4 is 56.6 Å². The van der Waals surface area contributed by atoms with Crippen LogP contribution in [-0.2, 0) is 9.59 Å². The third kappa shape index (κ3) is 4.63. The van der Waals surface area contributed by atoms with Gasteiger partial charge in [-0.3, -0.25) is 9.59 Å². The van der Waals surface area contributed by atoms with Crippen LogP contribution in [0.4, 0.5) is 0 Å². The quantitative estimate of drug-likeness (QED) is 0.354. The van der Waals surface area contributed by atoms with Crippen LogP contribution < -0.4 is 9.47 Å². The first-order valence-electron chi connectivity index (χ1n) is 10.0. The van der Waals surface area contributed by atoms with E-state index in [1.165, 1.54) is 13.2 Å². The third-order valence-corrected chi connectivity index (χ3v) is 6.14. The fraction of sp³-hybridized carbons (Fsp3) is 0.115. The number of halogens is 2. The molecule has 0 N–H and O–H groups in total. The zero-order chi connectivity index (χ0) is 23.5. The van der Waals surface area contributed by atoms with E-state index in [0.717, 1.165) is 5.56 Å². The number of amides is 1. The van der Waals surface area contributed by atoms with Gasteiger partial charge in [0.2, 0.25) is 0 Å². The van der Waals surface area contributed by atoms with Crippen molar-refractivity contribution in [2.75, 3.05) is 14.2 Å². The van der Waals surface area contributed by atoms with Gasteiger partial charge in [0.15, 0.2) is 17.3 Å². The smallest absolute Gasteiger partial charge is 0.281 e. The van der Waals surface area contributed by atoms with E-state index in [-0.39, 0.29) is 11.5 Å². The Hall–Kier alpha value is -3.22. The topological polar surface area (TPSA) is 65.0 Å². The predicted molar refractivity (Wildman–Crippen MR) is 134 cm³/mol. The van der Waals surface area contributed by atoms with Crippen LogP contribution >= 0.6 is 27.5 Å². The van der Waals surface area contributed by atoms with Crippen LogP contribution in [0, 0.1) is 5.92 Å². The lowest BCUT2D eigenvalue weighted by Crippen LogP contribution is -2.27. The number of dihydropyridines is 1. The third-order valence-electron chi connectivity index (χ3n) is 5.30. The average molecular weight is 525 g/mol. The summed E-state index contributed by atoms with van der Waals surface area (Å²) in [6.45, 7) is 0. The molecule has 2 aliphatic rings. The highest BCUT2D eigenvalue weighted by Crippen LogP contribution is 2.38. The van der Waals surface area contributed by atoms with Gasteiger partial charge in [-0.25, -0.2) is 4.99 Å². The van der Waals surface area contributed by atoms with Crippen LogP contribution in [0.3, 0.4) is 0 Å². The number of hydrogen-bond donors (Lipinski definition) is 0. The molecule has 0 spiro atoms. The van der Waals surface area contributed by atoms with Gasteiger partial charge in [0.25, 0.3) is 5.91 Å². The number of hydrogen-bond acceptors (Lipinski definition) is 4. The van der Waals surface area contributed by atoms with Crippen molar-refractivity contribution in [2.45, 2.75) is 0 Å². The highest BCUT2D eigenvalue weighted by molar-refractivity contribution is 9.10. The molecule has 0 bridgehead atoms. The monoisotopic (exact) mass is 523 g/mol. The minimum absolute atomic E-state index is 0.0294. The molecule has 1 amide bonds. The minimum atomic E-state index is -0.570. The highest BCUT2D eigenvalue weighted by atomic mass is 79.9. The molecule has 0 saturated carbocycles. The maximum absolute atomic E-state index is 13.3. The average Bonchev–Trinajstić information content (AvgIpc) is 2.82. The molecule has 4 rings (SSSR count). The van der Waals surface area contributed by atoms with Gasteiger partial charge in [-0.2, -0.15) is 0 Å². The molecule has 2 aromatic carbocycles. The van der Waals surface area contributed by atoms with E-state index in [1.807, 2.05) is 30.3 Å². The van der Waals surface area contributed by atoms with Crippen molar-refractivity contribution in [2.24, 2.45) is 10.9 Å². The molecule has 0 radical (unpaired) electrons. The SMILES string of the molecule is COc1cc(/C=C/C(=O)C2=C(c3ccccc3)C3C=C(Cl)C=CC3=NC2=O)cc(Br)c1OC. The first-order chi connectivity index (χ1) is 15.9. The van der Waals surface area contributed by atoms with E-state index in [2.05, 4.69) is 20.9 Å². The summed E-state index contributed by atoms with van der Waals surface area (Å²) in [5, 5.41) is 0.527. The zero-order valence-electron chi connectivity index (χ0n) is 17.8. The maximum Gasteiger partial charge on any atom is 0.281 e. The van der Waals surface area contributed by atoms with E-state index >= 15 is 0 Å². The summed E-state index contributed by atoms with van der Waals surface area (Å²) in [6, 6.07) is 12.9. The van der Waals surface area contributed by atoms with Crippen molar-refractivity contribution in [3.63, 3.8) is 0 Å². The van der Waals surface area contributed by atoms with E-state index < -0.39 is 11.7 Å². The van der Waals surface area contributed by atoms with Crippen molar-refractivity contribution in [1.82, 2.24) is 0 Å². The van der Waals surface area contributed by atoms with Gasteiger partial charge in [-0.05, 0) is 63.0 Å². The standard InChI is InChI=1S/C26H19BrClNO4/c1-32-22-13-15(12-19(27)25(22)33-2)8-11-21(30)24-23(16-6-4-3-5-7-16)18-14-17(28)9-10-20(18)29-26(24)31/h3-14,18H,1-2H3/b11-8+. The second-order valence-corrected chi connectivity index (χ2v) is 8.59. The van der Waals surface area contributed by atoms with Crippen LogP contribution in [-0.4, -0.2) is 31.6 Å². The molecule has 5 nitrogen and oxygen atoms in total. The lowest BCUT2D eigenvalue weighted by atomic mass is 9.80. The molecule has 2 aromatic rings. The molecule has 1 heterocycles. The number of fused-ring (bicyclic) bond motifs is 1. The Balaban J connectivity index is 1.78. The number of nitrogens with zero attached hydrogens (tertiary/aromatic N) is 1. The largest absolute Gasteiger partial charge is 0.493 e. The minimum Gasteiger partial charge on any atom is -0.493 e. The van der Waals surface area contributed by atoms with Gasteiger partial charge in [-0.15, -0.1) is 0 Å². The second kappa shape index (κ2) is 9.73. The molecule has 33 heavy (non-hydrogen) atoms. The van der Waals surface area contributed by atoms with E-state index in [1.54, 1.807) is 43.5 Å². The highest BCUT2D eigenvalue weighted by Gasteiger charge is 2.34. The normalized spacial score (nSPS) is 17.6. The van der Waals surface area contributed by atoms with E-state index in [4.69, 9.17) is 21.1 Å². The Kier molecular flexibility index (Phi) is 6.77. The molecule has 7 heteroatoms.